The molecule has 2 nitrogen and oxygen atoms in total. The van der Waals surface area contributed by atoms with Crippen LogP contribution in [0.4, 0.5) is 5.69 Å². The smallest absolute Gasteiger partial charge is 0.0359 e. The molecule has 1 aromatic carbocycles. The first kappa shape index (κ1) is 13.1. The Bertz CT molecular complexity index is 491. The Labute approximate surface area is 113 Å². The largest absolute Gasteiger partial charge is 0.398 e. The van der Waals surface area contributed by atoms with E-state index < -0.39 is 0 Å². The van der Waals surface area contributed by atoms with Crippen molar-refractivity contribution < 1.29 is 0 Å². The first-order chi connectivity index (χ1) is 8.69. The minimum atomic E-state index is 0.894. The topological polar surface area (TPSA) is 29.3 Å². The van der Waals surface area contributed by atoms with Crippen molar-refractivity contribution in [2.45, 2.75) is 26.9 Å². The second-order valence-corrected chi connectivity index (χ2v) is 5.62. The van der Waals surface area contributed by atoms with Gasteiger partial charge in [-0.2, -0.15) is 0 Å². The van der Waals surface area contributed by atoms with Crippen molar-refractivity contribution in [3.8, 4) is 0 Å². The Morgan fingerprint density at radius 3 is 2.72 bits per heavy atom. The zero-order valence-electron chi connectivity index (χ0n) is 11.0. The van der Waals surface area contributed by atoms with Gasteiger partial charge in [0.25, 0.3) is 0 Å². The highest BCUT2D eigenvalue weighted by molar-refractivity contribution is 7.09. The molecular formula is C15H20N2S. The van der Waals surface area contributed by atoms with Crippen LogP contribution < -0.4 is 5.73 Å². The van der Waals surface area contributed by atoms with E-state index in [1.165, 1.54) is 16.0 Å². The van der Waals surface area contributed by atoms with Gasteiger partial charge in [0.05, 0.1) is 0 Å². The quantitative estimate of drug-likeness (QED) is 0.831. The fraction of sp³-hybridized carbons (Fsp3) is 0.333. The molecule has 1 heterocycles. The highest BCUT2D eigenvalue weighted by Crippen LogP contribution is 2.18. The normalized spacial score (nSPS) is 11.1. The summed E-state index contributed by atoms with van der Waals surface area (Å²) in [6.45, 7) is 7.26. The summed E-state index contributed by atoms with van der Waals surface area (Å²) in [5.74, 6) is 0. The highest BCUT2D eigenvalue weighted by atomic mass is 32.1. The van der Waals surface area contributed by atoms with Crippen LogP contribution in [-0.2, 0) is 13.1 Å². The molecule has 0 fully saturated rings. The second-order valence-electron chi connectivity index (χ2n) is 4.58. The van der Waals surface area contributed by atoms with Crippen molar-refractivity contribution in [1.29, 1.82) is 0 Å². The van der Waals surface area contributed by atoms with Crippen molar-refractivity contribution in [3.63, 3.8) is 0 Å². The molecule has 0 saturated carbocycles. The Morgan fingerprint density at radius 1 is 1.22 bits per heavy atom. The van der Waals surface area contributed by atoms with E-state index in [2.05, 4.69) is 48.4 Å². The van der Waals surface area contributed by atoms with E-state index in [1.54, 1.807) is 0 Å². The van der Waals surface area contributed by atoms with Crippen molar-refractivity contribution in [3.05, 3.63) is 51.7 Å². The minimum absolute atomic E-state index is 0.894. The average Bonchev–Trinajstić information content (AvgIpc) is 2.85. The molecule has 2 aromatic rings. The lowest BCUT2D eigenvalue weighted by Crippen LogP contribution is -2.22. The molecular weight excluding hydrogens is 240 g/mol. The molecule has 1 aromatic heterocycles. The molecule has 0 saturated heterocycles. The lowest BCUT2D eigenvalue weighted by Gasteiger charge is -2.21. The van der Waals surface area contributed by atoms with E-state index in [4.69, 9.17) is 5.73 Å². The molecule has 0 aliphatic rings. The maximum absolute atomic E-state index is 6.04. The van der Waals surface area contributed by atoms with Crippen molar-refractivity contribution >= 4 is 17.0 Å². The first-order valence-electron chi connectivity index (χ1n) is 6.28. The molecule has 0 radical (unpaired) electrons. The number of nitrogen functional groups attached to an aromatic ring is 1. The van der Waals surface area contributed by atoms with E-state index in [0.29, 0.717) is 0 Å². The van der Waals surface area contributed by atoms with Crippen LogP contribution in [0, 0.1) is 6.92 Å². The molecule has 0 unspecified atom stereocenters. The van der Waals surface area contributed by atoms with E-state index in [9.17, 15) is 0 Å². The van der Waals surface area contributed by atoms with Crippen LogP contribution in [0.1, 0.15) is 22.9 Å². The Kier molecular flexibility index (Phi) is 4.39. The van der Waals surface area contributed by atoms with Gasteiger partial charge < -0.3 is 5.73 Å². The average molecular weight is 260 g/mol. The fourth-order valence-corrected chi connectivity index (χ4v) is 2.76. The van der Waals surface area contributed by atoms with Crippen LogP contribution in [-0.4, -0.2) is 11.4 Å². The molecule has 3 heteroatoms. The minimum Gasteiger partial charge on any atom is -0.398 e. The number of hydrogen-bond acceptors (Lipinski definition) is 3. The van der Waals surface area contributed by atoms with Gasteiger partial charge in [0.15, 0.2) is 0 Å². The molecule has 0 amide bonds. The van der Waals surface area contributed by atoms with E-state index >= 15 is 0 Å². The van der Waals surface area contributed by atoms with Crippen molar-refractivity contribution in [2.24, 2.45) is 0 Å². The van der Waals surface area contributed by atoms with Crippen LogP contribution in [0.15, 0.2) is 35.7 Å². The number of nitrogens with zero attached hydrogens (tertiary/aromatic N) is 1. The maximum atomic E-state index is 6.04. The van der Waals surface area contributed by atoms with Crippen molar-refractivity contribution in [2.75, 3.05) is 12.3 Å². The number of thiophene rings is 1. The first-order valence-corrected chi connectivity index (χ1v) is 7.16. The summed E-state index contributed by atoms with van der Waals surface area (Å²) in [7, 11) is 0. The summed E-state index contributed by atoms with van der Waals surface area (Å²) in [6.07, 6.45) is 0. The monoisotopic (exact) mass is 260 g/mol. The van der Waals surface area contributed by atoms with Gasteiger partial charge in [-0.05, 0) is 36.5 Å². The number of anilines is 1. The number of aryl methyl sites for hydroxylation is 1. The predicted molar refractivity (Wildman–Crippen MR) is 79.7 cm³/mol. The van der Waals surface area contributed by atoms with Crippen LogP contribution in [0.5, 0.6) is 0 Å². The zero-order chi connectivity index (χ0) is 13.0. The number of hydrogen-bond donors (Lipinski definition) is 1. The van der Waals surface area contributed by atoms with E-state index in [0.717, 1.165) is 25.3 Å². The molecule has 0 spiro atoms. The second kappa shape index (κ2) is 6.03. The molecule has 2 rings (SSSR count). The Morgan fingerprint density at radius 2 is 2.06 bits per heavy atom. The van der Waals surface area contributed by atoms with Gasteiger partial charge in [-0.15, -0.1) is 11.3 Å². The zero-order valence-corrected chi connectivity index (χ0v) is 11.8. The molecule has 18 heavy (non-hydrogen) atoms. The number of rotatable bonds is 5. The molecule has 0 aliphatic heterocycles. The molecule has 0 aliphatic carbocycles. The Balaban J connectivity index is 2.07. The summed E-state index contributed by atoms with van der Waals surface area (Å²) < 4.78 is 0. The molecule has 0 atom stereocenters. The maximum Gasteiger partial charge on any atom is 0.0359 e. The van der Waals surface area contributed by atoms with Crippen LogP contribution in [0.25, 0.3) is 0 Å². The summed E-state index contributed by atoms with van der Waals surface area (Å²) in [5.41, 5.74) is 9.44. The third-order valence-electron chi connectivity index (χ3n) is 3.10. The van der Waals surface area contributed by atoms with Gasteiger partial charge in [0.1, 0.15) is 0 Å². The van der Waals surface area contributed by atoms with E-state index in [-0.39, 0.29) is 0 Å². The summed E-state index contributed by atoms with van der Waals surface area (Å²) in [5, 5.41) is 2.13. The van der Waals surface area contributed by atoms with Crippen LogP contribution in [0.3, 0.4) is 0 Å². The highest BCUT2D eigenvalue weighted by Gasteiger charge is 2.08. The van der Waals surface area contributed by atoms with Gasteiger partial charge in [-0.1, -0.05) is 30.7 Å². The molecule has 2 N–H and O–H groups in total. The van der Waals surface area contributed by atoms with Crippen molar-refractivity contribution in [1.82, 2.24) is 4.90 Å². The van der Waals surface area contributed by atoms with Crippen LogP contribution >= 0.6 is 11.3 Å². The van der Waals surface area contributed by atoms with Gasteiger partial charge in [0.2, 0.25) is 0 Å². The SMILES string of the molecule is CCN(Cc1cccs1)Cc1cc(C)ccc1N. The number of benzene rings is 1. The lowest BCUT2D eigenvalue weighted by molar-refractivity contribution is 0.274. The summed E-state index contributed by atoms with van der Waals surface area (Å²) in [4.78, 5) is 3.82. The summed E-state index contributed by atoms with van der Waals surface area (Å²) >= 11 is 1.81. The van der Waals surface area contributed by atoms with E-state index in [1.807, 2.05) is 17.4 Å². The van der Waals surface area contributed by atoms with Crippen LogP contribution in [0.2, 0.25) is 0 Å². The number of nitrogens with two attached hydrogens (primary N) is 1. The predicted octanol–water partition coefficient (Wildman–Crippen LogP) is 3.66. The lowest BCUT2D eigenvalue weighted by atomic mass is 10.1. The van der Waals surface area contributed by atoms with Gasteiger partial charge in [-0.3, -0.25) is 4.90 Å². The molecule has 96 valence electrons. The van der Waals surface area contributed by atoms with Gasteiger partial charge in [0, 0.05) is 23.7 Å². The third kappa shape index (κ3) is 3.34. The van der Waals surface area contributed by atoms with Gasteiger partial charge in [-0.25, -0.2) is 0 Å². The standard InChI is InChI=1S/C15H20N2S/c1-3-17(11-14-5-4-8-18-14)10-13-9-12(2)6-7-15(13)16/h4-9H,3,10-11,16H2,1-2H3. The molecule has 0 bridgehead atoms. The fourth-order valence-electron chi connectivity index (χ4n) is 2.01. The third-order valence-corrected chi connectivity index (χ3v) is 3.96. The Hall–Kier alpha value is -1.32. The summed E-state index contributed by atoms with van der Waals surface area (Å²) in [6, 6.07) is 10.5. The van der Waals surface area contributed by atoms with Gasteiger partial charge >= 0.3 is 0 Å².